The fraction of sp³-hybridized carbons (Fsp3) is 1.00. The molecule has 0 aliphatic carbocycles. The number of likely N-dealkylation sites (N-methyl/N-ethyl adjacent to an activating group) is 1. The second-order valence-electron chi connectivity index (χ2n) is 2.84. The van der Waals surface area contributed by atoms with Crippen LogP contribution in [0.15, 0.2) is 0 Å². The summed E-state index contributed by atoms with van der Waals surface area (Å²) in [6, 6.07) is 0. The van der Waals surface area contributed by atoms with Crippen molar-refractivity contribution in [2.75, 3.05) is 38.2 Å². The van der Waals surface area contributed by atoms with Crippen molar-refractivity contribution in [3.8, 4) is 0 Å². The molecule has 0 aromatic rings. The standard InChI is InChI=1S/C8H17NOS/c1-3-9-6-8(7-9)10-4-5-11-2/h8H,3-7H2,1-2H3. The summed E-state index contributed by atoms with van der Waals surface area (Å²) in [5.74, 6) is 1.13. The molecule has 0 spiro atoms. The molecule has 11 heavy (non-hydrogen) atoms. The number of nitrogens with zero attached hydrogens (tertiary/aromatic N) is 1. The quantitative estimate of drug-likeness (QED) is 0.580. The average Bonchev–Trinajstić information content (AvgIpc) is 1.94. The van der Waals surface area contributed by atoms with E-state index in [0.717, 1.165) is 25.4 Å². The van der Waals surface area contributed by atoms with Crippen LogP contribution in [0.25, 0.3) is 0 Å². The van der Waals surface area contributed by atoms with Gasteiger partial charge in [0.05, 0.1) is 12.7 Å². The molecule has 1 heterocycles. The predicted octanol–water partition coefficient (Wildman–Crippen LogP) is 1.07. The van der Waals surface area contributed by atoms with Crippen LogP contribution in [-0.4, -0.2) is 49.3 Å². The minimum absolute atomic E-state index is 0.530. The van der Waals surface area contributed by atoms with Crippen molar-refractivity contribution in [2.24, 2.45) is 0 Å². The summed E-state index contributed by atoms with van der Waals surface area (Å²) in [5, 5.41) is 0. The zero-order valence-corrected chi connectivity index (χ0v) is 8.19. The number of hydrogen-bond acceptors (Lipinski definition) is 3. The van der Waals surface area contributed by atoms with E-state index in [1.54, 1.807) is 0 Å². The summed E-state index contributed by atoms with van der Waals surface area (Å²) in [4.78, 5) is 2.39. The maximum atomic E-state index is 5.59. The van der Waals surface area contributed by atoms with Gasteiger partial charge in [0.1, 0.15) is 0 Å². The Morgan fingerprint density at radius 2 is 2.27 bits per heavy atom. The van der Waals surface area contributed by atoms with Gasteiger partial charge >= 0.3 is 0 Å². The van der Waals surface area contributed by atoms with Crippen LogP contribution in [0.5, 0.6) is 0 Å². The van der Waals surface area contributed by atoms with Crippen molar-refractivity contribution in [3.63, 3.8) is 0 Å². The van der Waals surface area contributed by atoms with Gasteiger partial charge in [0.25, 0.3) is 0 Å². The predicted molar refractivity (Wildman–Crippen MR) is 50.2 cm³/mol. The molecule has 0 atom stereocenters. The van der Waals surface area contributed by atoms with E-state index in [4.69, 9.17) is 4.74 Å². The fourth-order valence-corrected chi connectivity index (χ4v) is 1.45. The van der Waals surface area contributed by atoms with Crippen LogP contribution in [0.2, 0.25) is 0 Å². The number of ether oxygens (including phenoxy) is 1. The smallest absolute Gasteiger partial charge is 0.0829 e. The van der Waals surface area contributed by atoms with Crippen LogP contribution in [0.4, 0.5) is 0 Å². The lowest BCUT2D eigenvalue weighted by Gasteiger charge is -2.38. The lowest BCUT2D eigenvalue weighted by Crippen LogP contribution is -2.51. The van der Waals surface area contributed by atoms with Crippen LogP contribution in [0.3, 0.4) is 0 Å². The van der Waals surface area contributed by atoms with Gasteiger partial charge < -0.3 is 4.74 Å². The summed E-state index contributed by atoms with van der Waals surface area (Å²) >= 11 is 1.85. The first-order valence-corrected chi connectivity index (χ1v) is 5.59. The molecule has 2 nitrogen and oxygen atoms in total. The highest BCUT2D eigenvalue weighted by molar-refractivity contribution is 7.98. The third-order valence-electron chi connectivity index (χ3n) is 2.01. The first-order valence-electron chi connectivity index (χ1n) is 4.19. The van der Waals surface area contributed by atoms with E-state index in [9.17, 15) is 0 Å². The second kappa shape index (κ2) is 5.01. The number of rotatable bonds is 5. The van der Waals surface area contributed by atoms with Crippen molar-refractivity contribution in [3.05, 3.63) is 0 Å². The van der Waals surface area contributed by atoms with Gasteiger partial charge in [-0.2, -0.15) is 11.8 Å². The Balaban J connectivity index is 1.88. The highest BCUT2D eigenvalue weighted by Crippen LogP contribution is 2.10. The Morgan fingerprint density at radius 3 is 2.82 bits per heavy atom. The molecule has 1 rings (SSSR count). The molecule has 0 aromatic carbocycles. The highest BCUT2D eigenvalue weighted by Gasteiger charge is 2.25. The van der Waals surface area contributed by atoms with E-state index < -0.39 is 0 Å². The zero-order chi connectivity index (χ0) is 8.10. The van der Waals surface area contributed by atoms with E-state index in [1.165, 1.54) is 6.54 Å². The van der Waals surface area contributed by atoms with Crippen molar-refractivity contribution < 1.29 is 4.74 Å². The molecule has 0 bridgehead atoms. The van der Waals surface area contributed by atoms with Gasteiger partial charge in [-0.05, 0) is 12.8 Å². The molecule has 0 N–H and O–H groups in total. The molecule has 1 aliphatic rings. The Bertz CT molecular complexity index is 104. The van der Waals surface area contributed by atoms with E-state index in [0.29, 0.717) is 6.10 Å². The molecular formula is C8H17NOS. The van der Waals surface area contributed by atoms with E-state index in [-0.39, 0.29) is 0 Å². The summed E-state index contributed by atoms with van der Waals surface area (Å²) in [6.45, 7) is 6.57. The van der Waals surface area contributed by atoms with Gasteiger partial charge in [-0.25, -0.2) is 0 Å². The Labute approximate surface area is 73.3 Å². The van der Waals surface area contributed by atoms with Crippen molar-refractivity contribution >= 4 is 11.8 Å². The normalized spacial score (nSPS) is 20.2. The van der Waals surface area contributed by atoms with Crippen molar-refractivity contribution in [2.45, 2.75) is 13.0 Å². The summed E-state index contributed by atoms with van der Waals surface area (Å²) in [5.41, 5.74) is 0. The lowest BCUT2D eigenvalue weighted by molar-refractivity contribution is -0.0460. The second-order valence-corrected chi connectivity index (χ2v) is 3.82. The molecule has 66 valence electrons. The van der Waals surface area contributed by atoms with Crippen LogP contribution in [-0.2, 0) is 4.74 Å². The molecule has 0 aromatic heterocycles. The monoisotopic (exact) mass is 175 g/mol. The molecule has 0 unspecified atom stereocenters. The van der Waals surface area contributed by atoms with Crippen molar-refractivity contribution in [1.82, 2.24) is 4.90 Å². The van der Waals surface area contributed by atoms with Gasteiger partial charge in [-0.1, -0.05) is 6.92 Å². The minimum atomic E-state index is 0.530. The average molecular weight is 175 g/mol. The van der Waals surface area contributed by atoms with E-state index >= 15 is 0 Å². The van der Waals surface area contributed by atoms with Crippen LogP contribution in [0.1, 0.15) is 6.92 Å². The molecule has 3 heteroatoms. The van der Waals surface area contributed by atoms with Gasteiger partial charge in [-0.3, -0.25) is 4.90 Å². The molecule has 1 aliphatic heterocycles. The molecule has 0 saturated carbocycles. The molecular weight excluding hydrogens is 158 g/mol. The number of likely N-dealkylation sites (tertiary alicyclic amines) is 1. The van der Waals surface area contributed by atoms with Gasteiger partial charge in [-0.15, -0.1) is 0 Å². The SMILES string of the molecule is CCN1CC(OCCSC)C1. The molecule has 0 radical (unpaired) electrons. The maximum Gasteiger partial charge on any atom is 0.0829 e. The van der Waals surface area contributed by atoms with Crippen LogP contribution in [0, 0.1) is 0 Å². The molecule has 0 amide bonds. The van der Waals surface area contributed by atoms with Crippen LogP contribution >= 0.6 is 11.8 Å². The molecule has 1 fully saturated rings. The highest BCUT2D eigenvalue weighted by atomic mass is 32.2. The summed E-state index contributed by atoms with van der Waals surface area (Å²) in [7, 11) is 0. The molecule has 1 saturated heterocycles. The maximum absolute atomic E-state index is 5.59. The Hall–Kier alpha value is 0.270. The largest absolute Gasteiger partial charge is 0.375 e. The number of thioether (sulfide) groups is 1. The third kappa shape index (κ3) is 3.01. The van der Waals surface area contributed by atoms with Gasteiger partial charge in [0.2, 0.25) is 0 Å². The first kappa shape index (κ1) is 9.36. The third-order valence-corrected chi connectivity index (χ3v) is 2.59. The topological polar surface area (TPSA) is 12.5 Å². The van der Waals surface area contributed by atoms with E-state index in [1.807, 2.05) is 11.8 Å². The fourth-order valence-electron chi connectivity index (χ4n) is 1.18. The van der Waals surface area contributed by atoms with E-state index in [2.05, 4.69) is 18.1 Å². The first-order chi connectivity index (χ1) is 5.36. The van der Waals surface area contributed by atoms with Crippen LogP contribution < -0.4 is 0 Å². The van der Waals surface area contributed by atoms with Crippen molar-refractivity contribution in [1.29, 1.82) is 0 Å². The summed E-state index contributed by atoms with van der Waals surface area (Å²) < 4.78 is 5.59. The lowest BCUT2D eigenvalue weighted by atomic mass is 10.2. The van der Waals surface area contributed by atoms with Gasteiger partial charge in [0.15, 0.2) is 0 Å². The van der Waals surface area contributed by atoms with Gasteiger partial charge in [0, 0.05) is 18.8 Å². The number of hydrogen-bond donors (Lipinski definition) is 0. The Morgan fingerprint density at radius 1 is 1.55 bits per heavy atom. The zero-order valence-electron chi connectivity index (χ0n) is 7.38. The minimum Gasteiger partial charge on any atom is -0.375 e. The summed E-state index contributed by atoms with van der Waals surface area (Å²) in [6.07, 6.45) is 2.64. The Kier molecular flexibility index (Phi) is 4.26.